The molecule has 2 N–H and O–H groups in total. The van der Waals surface area contributed by atoms with Gasteiger partial charge < -0.3 is 20.1 Å². The number of anilines is 1. The van der Waals surface area contributed by atoms with Crippen molar-refractivity contribution in [1.82, 2.24) is 25.3 Å². The first-order valence-corrected chi connectivity index (χ1v) is 12.4. The number of aryl methyl sites for hydroxylation is 2. The highest BCUT2D eigenvalue weighted by atomic mass is 16.5. The molecule has 8 heteroatoms. The van der Waals surface area contributed by atoms with Gasteiger partial charge in [0.15, 0.2) is 5.82 Å². The molecule has 4 rings (SSSR count). The van der Waals surface area contributed by atoms with Crippen LogP contribution in [0, 0.1) is 13.8 Å². The summed E-state index contributed by atoms with van der Waals surface area (Å²) in [5.74, 6) is 2.20. The lowest BCUT2D eigenvalue weighted by molar-refractivity contribution is 0.108. The van der Waals surface area contributed by atoms with Crippen LogP contribution in [0.3, 0.4) is 0 Å². The van der Waals surface area contributed by atoms with E-state index in [4.69, 9.17) is 14.7 Å². The molecule has 0 amide bonds. The Hall–Kier alpha value is -3.10. The van der Waals surface area contributed by atoms with Gasteiger partial charge in [0.1, 0.15) is 30.6 Å². The highest BCUT2D eigenvalue weighted by Crippen LogP contribution is 2.32. The molecule has 1 atom stereocenters. The molecule has 3 aromatic rings. The van der Waals surface area contributed by atoms with Crippen LogP contribution in [-0.4, -0.2) is 64.4 Å². The van der Waals surface area contributed by atoms with Gasteiger partial charge in [0.25, 0.3) is 0 Å². The Morgan fingerprint density at radius 1 is 1.09 bits per heavy atom. The number of likely N-dealkylation sites (N-methyl/N-ethyl adjacent to an activating group) is 1. The summed E-state index contributed by atoms with van der Waals surface area (Å²) in [5, 5.41) is 13.0. The highest BCUT2D eigenvalue weighted by molar-refractivity contribution is 5.71. The predicted molar refractivity (Wildman–Crippen MR) is 139 cm³/mol. The Balaban J connectivity index is 1.73. The summed E-state index contributed by atoms with van der Waals surface area (Å²) in [6.45, 7) is 4.66. The maximum Gasteiger partial charge on any atom is 0.162 e. The number of ether oxygens (including phenoxy) is 1. The van der Waals surface area contributed by atoms with Gasteiger partial charge in [0, 0.05) is 36.8 Å². The number of aromatic nitrogens is 4. The van der Waals surface area contributed by atoms with E-state index in [1.54, 1.807) is 13.4 Å². The molecule has 0 saturated heterocycles. The van der Waals surface area contributed by atoms with Gasteiger partial charge in [-0.25, -0.2) is 19.9 Å². The zero-order valence-electron chi connectivity index (χ0n) is 21.2. The van der Waals surface area contributed by atoms with E-state index in [9.17, 15) is 5.11 Å². The third-order valence-electron chi connectivity index (χ3n) is 6.65. The molecule has 0 bridgehead atoms. The number of benzene rings is 1. The van der Waals surface area contributed by atoms with Crippen molar-refractivity contribution >= 4 is 5.82 Å². The second kappa shape index (κ2) is 11.6. The summed E-state index contributed by atoms with van der Waals surface area (Å²) in [4.78, 5) is 21.1. The van der Waals surface area contributed by atoms with Gasteiger partial charge in [-0.3, -0.25) is 0 Å². The SMILES string of the molecule is CNCC(O)COc1cccc(-c2nc(-c3c(C)ncnc3C)cc(N(C)C3CCCCC3)n2)c1. The zero-order chi connectivity index (χ0) is 24.8. The fourth-order valence-corrected chi connectivity index (χ4v) is 4.70. The summed E-state index contributed by atoms with van der Waals surface area (Å²) in [6.07, 6.45) is 7.18. The Morgan fingerprint density at radius 3 is 2.54 bits per heavy atom. The largest absolute Gasteiger partial charge is 0.491 e. The van der Waals surface area contributed by atoms with Gasteiger partial charge in [0.05, 0.1) is 17.1 Å². The molecule has 186 valence electrons. The molecule has 2 heterocycles. The second-order valence-corrected chi connectivity index (χ2v) is 9.31. The van der Waals surface area contributed by atoms with Crippen LogP contribution in [0.2, 0.25) is 0 Å². The molecule has 1 unspecified atom stereocenters. The summed E-state index contributed by atoms with van der Waals surface area (Å²) < 4.78 is 5.83. The first-order valence-electron chi connectivity index (χ1n) is 12.4. The molecule has 1 saturated carbocycles. The Labute approximate surface area is 207 Å². The maximum atomic E-state index is 10.0. The summed E-state index contributed by atoms with van der Waals surface area (Å²) in [5.41, 5.74) is 4.40. The molecule has 1 aliphatic rings. The van der Waals surface area contributed by atoms with Crippen LogP contribution in [0.25, 0.3) is 22.6 Å². The van der Waals surface area contributed by atoms with E-state index in [1.165, 1.54) is 32.1 Å². The van der Waals surface area contributed by atoms with E-state index in [0.29, 0.717) is 24.2 Å². The summed E-state index contributed by atoms with van der Waals surface area (Å²) in [6, 6.07) is 10.3. The van der Waals surface area contributed by atoms with E-state index in [2.05, 4.69) is 33.3 Å². The lowest BCUT2D eigenvalue weighted by atomic mass is 9.94. The lowest BCUT2D eigenvalue weighted by Crippen LogP contribution is -2.34. The molecular weight excluding hydrogens is 440 g/mol. The van der Waals surface area contributed by atoms with Crippen molar-refractivity contribution < 1.29 is 9.84 Å². The van der Waals surface area contributed by atoms with E-state index >= 15 is 0 Å². The third kappa shape index (κ3) is 6.13. The van der Waals surface area contributed by atoms with Crippen LogP contribution < -0.4 is 15.0 Å². The quantitative estimate of drug-likeness (QED) is 0.479. The predicted octanol–water partition coefficient (Wildman–Crippen LogP) is 3.95. The van der Waals surface area contributed by atoms with E-state index in [-0.39, 0.29) is 6.61 Å². The van der Waals surface area contributed by atoms with Gasteiger partial charge in [-0.2, -0.15) is 0 Å². The summed E-state index contributed by atoms with van der Waals surface area (Å²) >= 11 is 0. The second-order valence-electron chi connectivity index (χ2n) is 9.31. The smallest absolute Gasteiger partial charge is 0.162 e. The standard InChI is InChI=1S/C27H36N6O2/c1-18-26(19(2)30-17-29-18)24-14-25(33(4)21-10-6-5-7-11-21)32-27(31-24)20-9-8-12-23(13-20)35-16-22(34)15-28-3/h8-9,12-14,17,21-22,28,34H,5-7,10-11,15-16H2,1-4H3. The minimum absolute atomic E-state index is 0.209. The average molecular weight is 477 g/mol. The molecule has 1 aliphatic carbocycles. The van der Waals surface area contributed by atoms with Crippen molar-refractivity contribution in [3.63, 3.8) is 0 Å². The molecular formula is C27H36N6O2. The monoisotopic (exact) mass is 476 g/mol. The van der Waals surface area contributed by atoms with Gasteiger partial charge in [-0.15, -0.1) is 0 Å². The molecule has 1 aromatic carbocycles. The average Bonchev–Trinajstić information content (AvgIpc) is 2.88. The van der Waals surface area contributed by atoms with Crippen LogP contribution in [-0.2, 0) is 0 Å². The number of rotatable bonds is 9. The van der Waals surface area contributed by atoms with Gasteiger partial charge in [-0.1, -0.05) is 31.4 Å². The van der Waals surface area contributed by atoms with Crippen LogP contribution in [0.5, 0.6) is 5.75 Å². The molecule has 0 radical (unpaired) electrons. The van der Waals surface area contributed by atoms with Crippen molar-refractivity contribution in [2.24, 2.45) is 0 Å². The van der Waals surface area contributed by atoms with Crippen LogP contribution >= 0.6 is 0 Å². The first kappa shape index (κ1) is 25.0. The topological polar surface area (TPSA) is 96.3 Å². The van der Waals surface area contributed by atoms with E-state index in [0.717, 1.165) is 34.0 Å². The van der Waals surface area contributed by atoms with E-state index < -0.39 is 6.10 Å². The minimum atomic E-state index is -0.581. The maximum absolute atomic E-state index is 10.0. The first-order chi connectivity index (χ1) is 17.0. The molecule has 1 fully saturated rings. The van der Waals surface area contributed by atoms with Crippen molar-refractivity contribution in [1.29, 1.82) is 0 Å². The number of hydrogen-bond donors (Lipinski definition) is 2. The van der Waals surface area contributed by atoms with Crippen molar-refractivity contribution in [3.05, 3.63) is 48.0 Å². The van der Waals surface area contributed by atoms with Crippen molar-refractivity contribution in [3.8, 4) is 28.4 Å². The van der Waals surface area contributed by atoms with Gasteiger partial charge in [0.2, 0.25) is 0 Å². The van der Waals surface area contributed by atoms with E-state index in [1.807, 2.05) is 38.1 Å². The van der Waals surface area contributed by atoms with Crippen molar-refractivity contribution in [2.45, 2.75) is 58.1 Å². The van der Waals surface area contributed by atoms with Crippen LogP contribution in [0.4, 0.5) is 5.82 Å². The minimum Gasteiger partial charge on any atom is -0.491 e. The molecule has 2 aromatic heterocycles. The molecule has 0 spiro atoms. The number of hydrogen-bond acceptors (Lipinski definition) is 8. The Morgan fingerprint density at radius 2 is 1.83 bits per heavy atom. The van der Waals surface area contributed by atoms with Gasteiger partial charge in [-0.05, 0) is 45.9 Å². The van der Waals surface area contributed by atoms with Crippen LogP contribution in [0.15, 0.2) is 36.7 Å². The van der Waals surface area contributed by atoms with Gasteiger partial charge >= 0.3 is 0 Å². The summed E-state index contributed by atoms with van der Waals surface area (Å²) in [7, 11) is 3.94. The normalized spacial score (nSPS) is 15.1. The number of nitrogens with one attached hydrogen (secondary N) is 1. The highest BCUT2D eigenvalue weighted by Gasteiger charge is 2.22. The molecule has 8 nitrogen and oxygen atoms in total. The number of aliphatic hydroxyl groups is 1. The third-order valence-corrected chi connectivity index (χ3v) is 6.65. The lowest BCUT2D eigenvalue weighted by Gasteiger charge is -2.32. The Bertz CT molecular complexity index is 1110. The van der Waals surface area contributed by atoms with Crippen LogP contribution in [0.1, 0.15) is 43.5 Å². The number of nitrogens with zero attached hydrogens (tertiary/aromatic N) is 5. The number of aliphatic hydroxyl groups excluding tert-OH is 1. The molecule has 0 aliphatic heterocycles. The molecule has 35 heavy (non-hydrogen) atoms. The fraction of sp³-hybridized carbons (Fsp3) is 0.481. The van der Waals surface area contributed by atoms with Crippen molar-refractivity contribution in [2.75, 3.05) is 32.1 Å². The fourth-order valence-electron chi connectivity index (χ4n) is 4.70. The Kier molecular flexibility index (Phi) is 8.25. The zero-order valence-corrected chi connectivity index (χ0v) is 21.2.